The van der Waals surface area contributed by atoms with Crippen molar-refractivity contribution in [2.24, 2.45) is 0 Å². The molecule has 6 rings (SSSR count). The summed E-state index contributed by atoms with van der Waals surface area (Å²) in [6.45, 7) is 4.99. The number of nitrogens with zero attached hydrogens (tertiary/aromatic N) is 3. The number of hydrogen-bond acceptors (Lipinski definition) is 11. The summed E-state index contributed by atoms with van der Waals surface area (Å²) in [4.78, 5) is 16.6. The molecule has 11 heteroatoms. The quantitative estimate of drug-likeness (QED) is 0.316. The smallest absolute Gasteiger partial charge is 0.308 e. The van der Waals surface area contributed by atoms with Crippen LogP contribution >= 0.6 is 0 Å². The molecule has 1 fully saturated rings. The molecule has 3 unspecified atom stereocenters. The molecule has 4 heterocycles. The van der Waals surface area contributed by atoms with Crippen molar-refractivity contribution in [1.29, 1.82) is 5.26 Å². The number of esters is 1. The van der Waals surface area contributed by atoms with Gasteiger partial charge in [0, 0.05) is 48.4 Å². The molecule has 1 N–H and O–H groups in total. The van der Waals surface area contributed by atoms with Crippen LogP contribution in [0.15, 0.2) is 6.07 Å². The number of aryl methyl sites for hydroxylation is 1. The van der Waals surface area contributed by atoms with Gasteiger partial charge < -0.3 is 33.5 Å². The second-order valence-electron chi connectivity index (χ2n) is 11.1. The van der Waals surface area contributed by atoms with Gasteiger partial charge in [0.25, 0.3) is 0 Å². The van der Waals surface area contributed by atoms with Crippen LogP contribution in [0.25, 0.3) is 0 Å². The molecule has 4 aliphatic rings. The predicted molar refractivity (Wildman–Crippen MR) is 145 cm³/mol. The van der Waals surface area contributed by atoms with E-state index in [9.17, 15) is 15.2 Å². The van der Waals surface area contributed by atoms with Crippen molar-refractivity contribution in [2.45, 2.75) is 63.8 Å². The molecule has 0 spiro atoms. The Balaban J connectivity index is 1.61. The zero-order chi connectivity index (χ0) is 29.2. The number of carbonyl (C=O) groups is 1. The van der Waals surface area contributed by atoms with E-state index in [1.807, 2.05) is 20.9 Å². The largest absolute Gasteiger partial charge is 0.493 e. The predicted octanol–water partition coefficient (Wildman–Crippen LogP) is 2.71. The maximum atomic E-state index is 12.3. The average molecular weight is 566 g/mol. The highest BCUT2D eigenvalue weighted by atomic mass is 16.7. The zero-order valence-electron chi connectivity index (χ0n) is 24.1. The molecule has 0 saturated carbocycles. The Bertz CT molecular complexity index is 1450. The fourth-order valence-corrected chi connectivity index (χ4v) is 7.53. The Morgan fingerprint density at radius 3 is 2.54 bits per heavy atom. The summed E-state index contributed by atoms with van der Waals surface area (Å²) < 4.78 is 34.9. The molecule has 2 aromatic carbocycles. The highest BCUT2D eigenvalue weighted by molar-refractivity contribution is 5.74. The number of aliphatic hydroxyl groups is 1. The minimum absolute atomic E-state index is 0.0239. The molecule has 5 atom stereocenters. The first-order chi connectivity index (χ1) is 19.8. The van der Waals surface area contributed by atoms with Gasteiger partial charge in [0.1, 0.15) is 11.8 Å². The summed E-state index contributed by atoms with van der Waals surface area (Å²) in [5, 5.41) is 21.5. The standard InChI is InChI=1S/C30H35N3O8/c1-14-7-17-8-19-21(10-31)33-20(25(32(19)4)23(17)29(26(14)37-6)38-12-36-5)9-18-24(22(33)11-34)30-28(39-13-40-30)15(2)27(18)41-16(3)35/h7,19-22,25,34H,8-9,11-13H2,1-6H3/t19-,20?,21?,22?,25-/m0/s1. The fraction of sp³-hybridized carbons (Fsp3) is 0.533. The van der Waals surface area contributed by atoms with E-state index >= 15 is 0 Å². The number of methoxy groups -OCH3 is 2. The van der Waals surface area contributed by atoms with Crippen LogP contribution in [0.5, 0.6) is 28.7 Å². The maximum absolute atomic E-state index is 12.3. The van der Waals surface area contributed by atoms with Crippen molar-refractivity contribution >= 4 is 5.97 Å². The number of aliphatic hydroxyl groups excluding tert-OH is 1. The molecule has 1 saturated heterocycles. The molecular weight excluding hydrogens is 530 g/mol. The van der Waals surface area contributed by atoms with Crippen LogP contribution in [-0.2, 0) is 22.4 Å². The van der Waals surface area contributed by atoms with Gasteiger partial charge in [-0.3, -0.25) is 14.6 Å². The van der Waals surface area contributed by atoms with Gasteiger partial charge in [-0.1, -0.05) is 6.07 Å². The van der Waals surface area contributed by atoms with Gasteiger partial charge in [-0.2, -0.15) is 5.26 Å². The van der Waals surface area contributed by atoms with Gasteiger partial charge in [0.2, 0.25) is 6.79 Å². The van der Waals surface area contributed by atoms with Crippen LogP contribution in [0.1, 0.15) is 52.4 Å². The van der Waals surface area contributed by atoms with Crippen LogP contribution in [0, 0.1) is 25.2 Å². The molecule has 0 aromatic heterocycles. The second kappa shape index (κ2) is 10.4. The van der Waals surface area contributed by atoms with Crippen molar-refractivity contribution in [1.82, 2.24) is 9.80 Å². The molecule has 0 aliphatic carbocycles. The lowest BCUT2D eigenvalue weighted by molar-refractivity contribution is -0.132. The summed E-state index contributed by atoms with van der Waals surface area (Å²) >= 11 is 0. The Morgan fingerprint density at radius 1 is 1.12 bits per heavy atom. The van der Waals surface area contributed by atoms with Gasteiger partial charge in [-0.25, -0.2) is 0 Å². The van der Waals surface area contributed by atoms with Crippen molar-refractivity contribution in [3.05, 3.63) is 39.4 Å². The van der Waals surface area contributed by atoms with Crippen molar-refractivity contribution in [3.63, 3.8) is 0 Å². The number of hydrogen-bond donors (Lipinski definition) is 1. The Labute approximate surface area is 239 Å². The molecule has 0 radical (unpaired) electrons. The minimum atomic E-state index is -0.588. The number of fused-ring (bicyclic) bond motifs is 9. The zero-order valence-corrected chi connectivity index (χ0v) is 24.1. The molecule has 41 heavy (non-hydrogen) atoms. The third kappa shape index (κ3) is 3.96. The number of carbonyl (C=O) groups excluding carboxylic acids is 1. The third-order valence-corrected chi connectivity index (χ3v) is 8.99. The van der Waals surface area contributed by atoms with Gasteiger partial charge in [0.05, 0.1) is 31.9 Å². The van der Waals surface area contributed by atoms with E-state index in [-0.39, 0.29) is 38.3 Å². The van der Waals surface area contributed by atoms with E-state index in [1.165, 1.54) is 6.92 Å². The van der Waals surface area contributed by atoms with Crippen LogP contribution < -0.4 is 23.7 Å². The molecule has 11 nitrogen and oxygen atoms in total. The first kappa shape index (κ1) is 27.6. The molecule has 4 aliphatic heterocycles. The number of nitriles is 1. The third-order valence-electron chi connectivity index (χ3n) is 8.99. The average Bonchev–Trinajstić information content (AvgIpc) is 3.43. The van der Waals surface area contributed by atoms with E-state index in [4.69, 9.17) is 28.4 Å². The molecule has 0 amide bonds. The molecule has 2 aromatic rings. The van der Waals surface area contributed by atoms with Crippen LogP contribution in [-0.4, -0.2) is 80.5 Å². The van der Waals surface area contributed by atoms with E-state index in [0.717, 1.165) is 22.3 Å². The lowest BCUT2D eigenvalue weighted by atomic mass is 9.71. The molecule has 218 valence electrons. The normalized spacial score (nSPS) is 26.0. The summed E-state index contributed by atoms with van der Waals surface area (Å²) in [7, 11) is 5.23. The fourth-order valence-electron chi connectivity index (χ4n) is 7.53. The van der Waals surface area contributed by atoms with Crippen molar-refractivity contribution < 1.29 is 38.3 Å². The number of likely N-dealkylation sites (N-methyl/N-ethyl adjacent to an activating group) is 1. The Hall–Kier alpha value is -3.56. The number of rotatable bonds is 6. The van der Waals surface area contributed by atoms with Crippen LogP contribution in [0.2, 0.25) is 0 Å². The molecule has 2 bridgehead atoms. The Kier molecular flexibility index (Phi) is 6.98. The van der Waals surface area contributed by atoms with Crippen LogP contribution in [0.4, 0.5) is 0 Å². The summed E-state index contributed by atoms with van der Waals surface area (Å²) in [6.07, 6.45) is 1.05. The van der Waals surface area contributed by atoms with E-state index in [0.29, 0.717) is 52.7 Å². The Morgan fingerprint density at radius 2 is 1.88 bits per heavy atom. The second-order valence-corrected chi connectivity index (χ2v) is 11.1. The van der Waals surface area contributed by atoms with Gasteiger partial charge in [-0.15, -0.1) is 0 Å². The van der Waals surface area contributed by atoms with Gasteiger partial charge >= 0.3 is 5.97 Å². The van der Waals surface area contributed by atoms with Crippen LogP contribution in [0.3, 0.4) is 0 Å². The minimum Gasteiger partial charge on any atom is -0.493 e. The van der Waals surface area contributed by atoms with E-state index in [1.54, 1.807) is 14.2 Å². The van der Waals surface area contributed by atoms with Gasteiger partial charge in [-0.05, 0) is 44.9 Å². The topological polar surface area (TPSA) is 123 Å². The summed E-state index contributed by atoms with van der Waals surface area (Å²) in [6, 6.07) is 2.92. The lowest BCUT2D eigenvalue weighted by Crippen LogP contribution is -2.68. The highest BCUT2D eigenvalue weighted by Gasteiger charge is 2.56. The first-order valence-electron chi connectivity index (χ1n) is 13.7. The van der Waals surface area contributed by atoms with Gasteiger partial charge in [0.15, 0.2) is 29.8 Å². The summed E-state index contributed by atoms with van der Waals surface area (Å²) in [5.74, 6) is 2.25. The molecular formula is C30H35N3O8. The monoisotopic (exact) mass is 565 g/mol. The number of piperazine rings is 1. The number of ether oxygens (including phenoxy) is 6. The number of benzene rings is 2. The SMILES string of the molecule is COCOc1c(OC)c(C)cc2c1[C@@H]1C3Cc4c(OC(C)=O)c(C)c5c(c4C(CO)N3C(C#N)[C@H](C2)N1C)OCO5. The van der Waals surface area contributed by atoms with E-state index < -0.39 is 18.1 Å². The lowest BCUT2D eigenvalue weighted by Gasteiger charge is -2.59. The maximum Gasteiger partial charge on any atom is 0.308 e. The summed E-state index contributed by atoms with van der Waals surface area (Å²) in [5.41, 5.74) is 5.15. The van der Waals surface area contributed by atoms with Crippen molar-refractivity contribution in [3.8, 4) is 34.8 Å². The van der Waals surface area contributed by atoms with Crippen molar-refractivity contribution in [2.75, 3.05) is 41.5 Å². The first-order valence-corrected chi connectivity index (χ1v) is 13.7. The highest BCUT2D eigenvalue weighted by Crippen LogP contribution is 2.58. The van der Waals surface area contributed by atoms with E-state index in [2.05, 4.69) is 21.9 Å².